The lowest BCUT2D eigenvalue weighted by molar-refractivity contribution is -0.193. The Balaban J connectivity index is 2.63. The van der Waals surface area contributed by atoms with Crippen molar-refractivity contribution in [2.24, 2.45) is 0 Å². The van der Waals surface area contributed by atoms with Gasteiger partial charge in [0.25, 0.3) is 0 Å². The van der Waals surface area contributed by atoms with Crippen molar-refractivity contribution in [1.82, 2.24) is 4.90 Å². The Hall–Kier alpha value is -1.92. The van der Waals surface area contributed by atoms with Crippen molar-refractivity contribution in [2.45, 2.75) is 44.8 Å². The summed E-state index contributed by atoms with van der Waals surface area (Å²) >= 11 is 0. The van der Waals surface area contributed by atoms with Gasteiger partial charge in [0.2, 0.25) is 0 Å². The van der Waals surface area contributed by atoms with Crippen LogP contribution in [-0.2, 0) is 16.8 Å². The molecular formula is C16H21F3N2O2. The van der Waals surface area contributed by atoms with E-state index < -0.39 is 17.6 Å². The van der Waals surface area contributed by atoms with E-state index in [2.05, 4.69) is 0 Å². The lowest BCUT2D eigenvalue weighted by Crippen LogP contribution is -2.56. The van der Waals surface area contributed by atoms with Gasteiger partial charge in [-0.15, -0.1) is 0 Å². The normalized spacial score (nSPS) is 16.9. The van der Waals surface area contributed by atoms with E-state index in [9.17, 15) is 18.0 Å². The molecule has 2 rings (SSSR count). The number of carbonyl (C=O) groups is 1. The third-order valence-electron chi connectivity index (χ3n) is 4.74. The van der Waals surface area contributed by atoms with E-state index in [-0.39, 0.29) is 6.54 Å². The molecule has 1 heterocycles. The number of ether oxygens (including phenoxy) is 1. The second-order valence-electron chi connectivity index (χ2n) is 5.69. The molecule has 2 N–H and O–H groups in total. The first-order valence-electron chi connectivity index (χ1n) is 7.57. The molecule has 7 heteroatoms. The summed E-state index contributed by atoms with van der Waals surface area (Å²) in [5.41, 5.74) is 6.92. The highest BCUT2D eigenvalue weighted by Gasteiger charge is 2.51. The molecule has 23 heavy (non-hydrogen) atoms. The van der Waals surface area contributed by atoms with Crippen LogP contribution in [0.1, 0.15) is 37.8 Å². The monoisotopic (exact) mass is 330 g/mol. The summed E-state index contributed by atoms with van der Waals surface area (Å²) in [5.74, 6) is -1.38. The molecule has 0 fully saturated rings. The molecule has 0 spiro atoms. The number of nitrogens with two attached hydrogens (primary N) is 1. The fourth-order valence-electron chi connectivity index (χ4n) is 3.51. The average Bonchev–Trinajstić information content (AvgIpc) is 2.51. The molecule has 1 aromatic carbocycles. The van der Waals surface area contributed by atoms with Gasteiger partial charge in [-0.1, -0.05) is 13.8 Å². The van der Waals surface area contributed by atoms with Crippen LogP contribution < -0.4 is 10.5 Å². The Bertz CT molecular complexity index is 610. The quantitative estimate of drug-likeness (QED) is 0.866. The number of methoxy groups -OCH3 is 1. The van der Waals surface area contributed by atoms with Gasteiger partial charge in [-0.3, -0.25) is 4.79 Å². The van der Waals surface area contributed by atoms with Gasteiger partial charge in [0.05, 0.1) is 18.3 Å². The highest BCUT2D eigenvalue weighted by atomic mass is 19.4. The van der Waals surface area contributed by atoms with Crippen LogP contribution in [-0.4, -0.2) is 30.6 Å². The zero-order chi connectivity index (χ0) is 17.4. The first kappa shape index (κ1) is 17.4. The third kappa shape index (κ3) is 2.72. The fraction of sp³-hybridized carbons (Fsp3) is 0.562. The molecule has 0 aliphatic carbocycles. The number of fused-ring (bicyclic) bond motifs is 1. The van der Waals surface area contributed by atoms with Gasteiger partial charge in [-0.05, 0) is 42.5 Å². The maximum atomic E-state index is 13.0. The highest BCUT2D eigenvalue weighted by Crippen LogP contribution is 2.45. The topological polar surface area (TPSA) is 55.6 Å². The molecule has 1 aliphatic heterocycles. The van der Waals surface area contributed by atoms with Crippen molar-refractivity contribution in [1.29, 1.82) is 0 Å². The Labute approximate surface area is 133 Å². The van der Waals surface area contributed by atoms with Gasteiger partial charge in [-0.25, -0.2) is 0 Å². The van der Waals surface area contributed by atoms with E-state index >= 15 is 0 Å². The molecule has 1 aliphatic rings. The minimum absolute atomic E-state index is 0.0266. The van der Waals surface area contributed by atoms with Crippen LogP contribution in [0.5, 0.6) is 5.75 Å². The van der Waals surface area contributed by atoms with Crippen LogP contribution in [0.4, 0.5) is 18.9 Å². The fourth-order valence-corrected chi connectivity index (χ4v) is 3.51. The van der Waals surface area contributed by atoms with Crippen molar-refractivity contribution in [3.8, 4) is 5.75 Å². The van der Waals surface area contributed by atoms with E-state index in [0.29, 0.717) is 36.3 Å². The molecule has 0 unspecified atom stereocenters. The van der Waals surface area contributed by atoms with Crippen molar-refractivity contribution in [3.05, 3.63) is 23.3 Å². The Kier molecular flexibility index (Phi) is 4.50. The zero-order valence-electron chi connectivity index (χ0n) is 13.5. The molecule has 0 aromatic heterocycles. The molecule has 1 amide bonds. The van der Waals surface area contributed by atoms with Crippen molar-refractivity contribution >= 4 is 11.6 Å². The van der Waals surface area contributed by atoms with E-state index in [0.717, 1.165) is 10.5 Å². The Morgan fingerprint density at radius 3 is 2.43 bits per heavy atom. The number of anilines is 1. The minimum atomic E-state index is -4.88. The van der Waals surface area contributed by atoms with Crippen molar-refractivity contribution in [2.75, 3.05) is 19.4 Å². The van der Waals surface area contributed by atoms with Crippen LogP contribution in [0, 0.1) is 0 Å². The van der Waals surface area contributed by atoms with Crippen LogP contribution >= 0.6 is 0 Å². The van der Waals surface area contributed by atoms with Crippen LogP contribution in [0.15, 0.2) is 12.1 Å². The summed E-state index contributed by atoms with van der Waals surface area (Å²) in [4.78, 5) is 12.9. The molecule has 1 aromatic rings. The number of halogens is 3. The summed E-state index contributed by atoms with van der Waals surface area (Å²) in [7, 11) is 1.46. The number of amides is 1. The number of nitrogen functional groups attached to an aromatic ring is 1. The van der Waals surface area contributed by atoms with Crippen molar-refractivity contribution in [3.63, 3.8) is 0 Å². The molecule has 0 saturated heterocycles. The Morgan fingerprint density at radius 1 is 1.35 bits per heavy atom. The summed E-state index contributed by atoms with van der Waals surface area (Å²) in [6.07, 6.45) is -3.78. The standard InChI is InChI=1S/C16H21F3N2O2/c1-4-15(5-2)11-9-13(23-3)12(20)8-10(11)6-7-21(15)14(22)16(17,18)19/h8-9H,4-7,20H2,1-3H3. The lowest BCUT2D eigenvalue weighted by atomic mass is 9.76. The molecule has 0 saturated carbocycles. The molecule has 0 bridgehead atoms. The summed E-state index contributed by atoms with van der Waals surface area (Å²) in [5, 5.41) is 0. The third-order valence-corrected chi connectivity index (χ3v) is 4.74. The SMILES string of the molecule is CCC1(CC)c2cc(OC)c(N)cc2CCN1C(=O)C(F)(F)F. The molecule has 128 valence electrons. The highest BCUT2D eigenvalue weighted by molar-refractivity contribution is 5.83. The predicted octanol–water partition coefficient (Wildman–Crippen LogP) is 3.24. The second kappa shape index (κ2) is 5.94. The summed E-state index contributed by atoms with van der Waals surface area (Å²) < 4.78 is 44.2. The van der Waals surface area contributed by atoms with Crippen LogP contribution in [0.2, 0.25) is 0 Å². The number of alkyl halides is 3. The van der Waals surface area contributed by atoms with E-state index in [4.69, 9.17) is 10.5 Å². The van der Waals surface area contributed by atoms with Gasteiger partial charge in [-0.2, -0.15) is 13.2 Å². The number of rotatable bonds is 3. The molecule has 4 nitrogen and oxygen atoms in total. The zero-order valence-corrected chi connectivity index (χ0v) is 13.5. The smallest absolute Gasteiger partial charge is 0.471 e. The lowest BCUT2D eigenvalue weighted by Gasteiger charge is -2.48. The van der Waals surface area contributed by atoms with Gasteiger partial charge in [0, 0.05) is 6.54 Å². The van der Waals surface area contributed by atoms with E-state index in [1.807, 2.05) is 0 Å². The number of hydrogen-bond acceptors (Lipinski definition) is 3. The number of benzene rings is 1. The van der Waals surface area contributed by atoms with Crippen molar-refractivity contribution < 1.29 is 22.7 Å². The van der Waals surface area contributed by atoms with Gasteiger partial charge in [0.1, 0.15) is 5.75 Å². The molecule has 0 radical (unpaired) electrons. The molecular weight excluding hydrogens is 309 g/mol. The predicted molar refractivity (Wildman–Crippen MR) is 81.1 cm³/mol. The first-order chi connectivity index (χ1) is 10.7. The molecule has 0 atom stereocenters. The maximum absolute atomic E-state index is 13.0. The van der Waals surface area contributed by atoms with E-state index in [1.54, 1.807) is 26.0 Å². The Morgan fingerprint density at radius 2 is 1.96 bits per heavy atom. The van der Waals surface area contributed by atoms with Gasteiger partial charge < -0.3 is 15.4 Å². The average molecular weight is 330 g/mol. The number of carbonyl (C=O) groups excluding carboxylic acids is 1. The minimum Gasteiger partial charge on any atom is -0.495 e. The largest absolute Gasteiger partial charge is 0.495 e. The first-order valence-corrected chi connectivity index (χ1v) is 7.57. The summed E-state index contributed by atoms with van der Waals surface area (Å²) in [6, 6.07) is 3.41. The second-order valence-corrected chi connectivity index (χ2v) is 5.69. The van der Waals surface area contributed by atoms with Gasteiger partial charge in [0.15, 0.2) is 0 Å². The summed E-state index contributed by atoms with van der Waals surface area (Å²) in [6.45, 7) is 3.61. The van der Waals surface area contributed by atoms with Crippen LogP contribution in [0.25, 0.3) is 0 Å². The number of hydrogen-bond donors (Lipinski definition) is 1. The van der Waals surface area contributed by atoms with Gasteiger partial charge >= 0.3 is 12.1 Å². The van der Waals surface area contributed by atoms with E-state index in [1.165, 1.54) is 7.11 Å². The van der Waals surface area contributed by atoms with Crippen LogP contribution in [0.3, 0.4) is 0 Å². The number of nitrogens with zero attached hydrogens (tertiary/aromatic N) is 1. The maximum Gasteiger partial charge on any atom is 0.471 e.